The minimum Gasteiger partial charge on any atom is -0.488 e. The fraction of sp³-hybridized carbons (Fsp3) is 0.188. The Bertz CT molecular complexity index is 651. The number of rotatable bonds is 3. The number of nitrogens with one attached hydrogen (secondary N) is 1. The molecule has 2 aromatic carbocycles. The molecule has 3 N–H and O–H groups in total. The maximum Gasteiger partial charge on any atom is 0.123 e. The maximum atomic E-state index is 8.84. The summed E-state index contributed by atoms with van der Waals surface area (Å²) < 4.78 is 5.86. The Morgan fingerprint density at radius 1 is 1.30 bits per heavy atom. The highest BCUT2D eigenvalue weighted by atomic mass is 16.5. The van der Waals surface area contributed by atoms with E-state index in [1.807, 2.05) is 24.3 Å². The van der Waals surface area contributed by atoms with Crippen molar-refractivity contribution in [3.8, 4) is 11.8 Å². The van der Waals surface area contributed by atoms with E-state index in [0.717, 1.165) is 17.9 Å². The molecule has 0 bridgehead atoms. The normalized spacial score (nSPS) is 16.1. The van der Waals surface area contributed by atoms with Crippen molar-refractivity contribution in [1.29, 1.82) is 5.26 Å². The molecule has 1 aliphatic rings. The molecule has 0 saturated heterocycles. The largest absolute Gasteiger partial charge is 0.488 e. The second-order valence-electron chi connectivity index (χ2n) is 4.85. The number of nitrogens with zero attached hydrogens (tertiary/aromatic N) is 1. The van der Waals surface area contributed by atoms with Gasteiger partial charge in [-0.2, -0.15) is 5.26 Å². The van der Waals surface area contributed by atoms with Crippen molar-refractivity contribution in [3.63, 3.8) is 0 Å². The number of hydrogen-bond acceptors (Lipinski definition) is 4. The van der Waals surface area contributed by atoms with Gasteiger partial charge in [-0.15, -0.1) is 0 Å². The molecule has 0 fully saturated rings. The number of nitriles is 1. The lowest BCUT2D eigenvalue weighted by atomic mass is 10.1. The van der Waals surface area contributed by atoms with Crippen LogP contribution in [0, 0.1) is 11.3 Å². The second kappa shape index (κ2) is 5.14. The molecule has 0 amide bonds. The lowest BCUT2D eigenvalue weighted by Gasteiger charge is -2.13. The SMILES string of the molecule is N#Cc1ccc(NCC2Cc3ccccc3O2)cc1N. The third kappa shape index (κ3) is 2.39. The van der Waals surface area contributed by atoms with E-state index < -0.39 is 0 Å². The summed E-state index contributed by atoms with van der Waals surface area (Å²) in [7, 11) is 0. The molecule has 4 heteroatoms. The maximum absolute atomic E-state index is 8.84. The van der Waals surface area contributed by atoms with Crippen molar-refractivity contribution in [2.45, 2.75) is 12.5 Å². The van der Waals surface area contributed by atoms with E-state index in [-0.39, 0.29) is 6.10 Å². The predicted molar refractivity (Wildman–Crippen MR) is 78.6 cm³/mol. The molecule has 4 nitrogen and oxygen atoms in total. The predicted octanol–water partition coefficient (Wildman–Crippen LogP) is 2.56. The van der Waals surface area contributed by atoms with Gasteiger partial charge in [0.1, 0.15) is 17.9 Å². The second-order valence-corrected chi connectivity index (χ2v) is 4.85. The van der Waals surface area contributed by atoms with Gasteiger partial charge in [-0.05, 0) is 29.8 Å². The molecule has 3 rings (SSSR count). The van der Waals surface area contributed by atoms with Gasteiger partial charge in [0, 0.05) is 12.1 Å². The lowest BCUT2D eigenvalue weighted by Crippen LogP contribution is -2.24. The Morgan fingerprint density at radius 2 is 2.15 bits per heavy atom. The van der Waals surface area contributed by atoms with E-state index in [9.17, 15) is 0 Å². The Kier molecular flexibility index (Phi) is 3.18. The molecule has 0 radical (unpaired) electrons. The van der Waals surface area contributed by atoms with Gasteiger partial charge in [-0.25, -0.2) is 0 Å². The number of nitrogen functional groups attached to an aromatic ring is 1. The van der Waals surface area contributed by atoms with Crippen molar-refractivity contribution >= 4 is 11.4 Å². The first-order valence-corrected chi connectivity index (χ1v) is 6.54. The highest BCUT2D eigenvalue weighted by Crippen LogP contribution is 2.28. The average Bonchev–Trinajstić information content (AvgIpc) is 2.88. The van der Waals surface area contributed by atoms with Gasteiger partial charge in [0.25, 0.3) is 0 Å². The molecule has 100 valence electrons. The highest BCUT2D eigenvalue weighted by molar-refractivity contribution is 5.62. The molecule has 1 atom stereocenters. The van der Waals surface area contributed by atoms with Crippen LogP contribution < -0.4 is 15.8 Å². The smallest absolute Gasteiger partial charge is 0.123 e. The van der Waals surface area contributed by atoms with Crippen molar-refractivity contribution in [2.75, 3.05) is 17.6 Å². The van der Waals surface area contributed by atoms with Gasteiger partial charge in [-0.3, -0.25) is 0 Å². The van der Waals surface area contributed by atoms with Crippen LogP contribution in [0.2, 0.25) is 0 Å². The summed E-state index contributed by atoms with van der Waals surface area (Å²) in [5, 5.41) is 12.1. The van der Waals surface area contributed by atoms with E-state index in [2.05, 4.69) is 17.5 Å². The van der Waals surface area contributed by atoms with E-state index in [1.165, 1.54) is 5.56 Å². The van der Waals surface area contributed by atoms with Gasteiger partial charge in [0.2, 0.25) is 0 Å². The Morgan fingerprint density at radius 3 is 2.90 bits per heavy atom. The van der Waals surface area contributed by atoms with Crippen LogP contribution in [0.1, 0.15) is 11.1 Å². The van der Waals surface area contributed by atoms with Crippen LogP contribution >= 0.6 is 0 Å². The molecule has 20 heavy (non-hydrogen) atoms. The minimum absolute atomic E-state index is 0.129. The lowest BCUT2D eigenvalue weighted by molar-refractivity contribution is 0.246. The van der Waals surface area contributed by atoms with Crippen LogP contribution in [0.5, 0.6) is 5.75 Å². The molecule has 0 aromatic heterocycles. The van der Waals surface area contributed by atoms with Crippen LogP contribution in [-0.2, 0) is 6.42 Å². The zero-order valence-corrected chi connectivity index (χ0v) is 11.0. The van der Waals surface area contributed by atoms with Gasteiger partial charge < -0.3 is 15.8 Å². The minimum atomic E-state index is 0.129. The quantitative estimate of drug-likeness (QED) is 0.837. The van der Waals surface area contributed by atoms with Crippen LogP contribution in [-0.4, -0.2) is 12.6 Å². The van der Waals surface area contributed by atoms with E-state index >= 15 is 0 Å². The Labute approximate surface area is 117 Å². The molecule has 1 heterocycles. The van der Waals surface area contributed by atoms with Crippen LogP contribution in [0.25, 0.3) is 0 Å². The first-order valence-electron chi connectivity index (χ1n) is 6.54. The van der Waals surface area contributed by atoms with E-state index in [0.29, 0.717) is 17.8 Å². The molecule has 0 spiro atoms. The summed E-state index contributed by atoms with van der Waals surface area (Å²) in [6.07, 6.45) is 1.04. The number of hydrogen-bond donors (Lipinski definition) is 2. The monoisotopic (exact) mass is 265 g/mol. The summed E-state index contributed by atoms with van der Waals surface area (Å²) in [6, 6.07) is 15.5. The van der Waals surface area contributed by atoms with Gasteiger partial charge in [0.05, 0.1) is 17.8 Å². The standard InChI is InChI=1S/C16H15N3O/c17-9-12-5-6-13(8-15(12)18)19-10-14-7-11-3-1-2-4-16(11)20-14/h1-6,8,14,19H,7,10,18H2. The van der Waals surface area contributed by atoms with Crippen molar-refractivity contribution < 1.29 is 4.74 Å². The first-order chi connectivity index (χ1) is 9.76. The average molecular weight is 265 g/mol. The summed E-state index contributed by atoms with van der Waals surface area (Å²) in [5.74, 6) is 0.971. The van der Waals surface area contributed by atoms with Crippen LogP contribution in [0.3, 0.4) is 0 Å². The number of para-hydroxylation sites is 1. The fourth-order valence-electron chi connectivity index (χ4n) is 2.37. The number of benzene rings is 2. The third-order valence-electron chi connectivity index (χ3n) is 3.42. The number of nitrogens with two attached hydrogens (primary N) is 1. The number of anilines is 2. The highest BCUT2D eigenvalue weighted by Gasteiger charge is 2.21. The number of ether oxygens (including phenoxy) is 1. The molecular weight excluding hydrogens is 250 g/mol. The zero-order valence-electron chi connectivity index (χ0n) is 11.0. The van der Waals surface area contributed by atoms with E-state index in [4.69, 9.17) is 15.7 Å². The summed E-state index contributed by atoms with van der Waals surface area (Å²) >= 11 is 0. The molecule has 0 saturated carbocycles. The molecule has 0 aliphatic carbocycles. The van der Waals surface area contributed by atoms with Crippen LogP contribution in [0.4, 0.5) is 11.4 Å². The summed E-state index contributed by atoms with van der Waals surface area (Å²) in [5.41, 5.74) is 8.94. The first kappa shape index (κ1) is 12.4. The van der Waals surface area contributed by atoms with Gasteiger partial charge in [-0.1, -0.05) is 18.2 Å². The van der Waals surface area contributed by atoms with Crippen molar-refractivity contribution in [2.24, 2.45) is 0 Å². The van der Waals surface area contributed by atoms with Gasteiger partial charge >= 0.3 is 0 Å². The Balaban J connectivity index is 1.62. The van der Waals surface area contributed by atoms with Crippen molar-refractivity contribution in [3.05, 3.63) is 53.6 Å². The zero-order chi connectivity index (χ0) is 13.9. The molecule has 1 aliphatic heterocycles. The molecule has 1 unspecified atom stereocenters. The van der Waals surface area contributed by atoms with Gasteiger partial charge in [0.15, 0.2) is 0 Å². The van der Waals surface area contributed by atoms with E-state index in [1.54, 1.807) is 12.1 Å². The number of fused-ring (bicyclic) bond motifs is 1. The third-order valence-corrected chi connectivity index (χ3v) is 3.42. The fourth-order valence-corrected chi connectivity index (χ4v) is 2.37. The summed E-state index contributed by atoms with van der Waals surface area (Å²) in [6.45, 7) is 0.708. The Hall–Kier alpha value is -2.67. The van der Waals surface area contributed by atoms with Crippen molar-refractivity contribution in [1.82, 2.24) is 0 Å². The van der Waals surface area contributed by atoms with Crippen LogP contribution in [0.15, 0.2) is 42.5 Å². The topological polar surface area (TPSA) is 71.1 Å². The molecule has 2 aromatic rings. The summed E-state index contributed by atoms with van der Waals surface area (Å²) in [4.78, 5) is 0. The molecular formula is C16H15N3O.